The molecular formula is C30H46O7S. The standard InChI is InChI=1S/C30H46O7S/c1-5-6-7-8-9-10-11-12-13-14-15-16-17-20-30(31)26(35-28-27(30)36-29(3,4)37-28)22-24-21-23(2)18-19-25(24)38(32,33)34/h18-19,21,26-28,31H,5-16,22H2,1-4H3,(H,32,33,34)/t26?,27-,28+,30+/m0/s1. The van der Waals surface area contributed by atoms with E-state index in [4.69, 9.17) is 14.2 Å². The topological polar surface area (TPSA) is 102 Å². The van der Waals surface area contributed by atoms with Crippen molar-refractivity contribution in [2.75, 3.05) is 0 Å². The summed E-state index contributed by atoms with van der Waals surface area (Å²) in [7, 11) is -4.44. The Hall–Kier alpha value is -1.47. The maximum Gasteiger partial charge on any atom is 0.294 e. The molecule has 8 heteroatoms. The molecule has 1 unspecified atom stereocenters. The fourth-order valence-corrected chi connectivity index (χ4v) is 6.05. The third kappa shape index (κ3) is 8.51. The summed E-state index contributed by atoms with van der Waals surface area (Å²) in [4.78, 5) is -0.206. The average Bonchev–Trinajstić information content (AvgIpc) is 3.26. The molecule has 2 heterocycles. The zero-order chi connectivity index (χ0) is 27.8. The number of hydrogen-bond donors (Lipinski definition) is 2. The van der Waals surface area contributed by atoms with E-state index in [0.717, 1.165) is 18.4 Å². The molecule has 2 fully saturated rings. The summed E-state index contributed by atoms with van der Waals surface area (Å²) in [5.74, 6) is 5.20. The molecule has 38 heavy (non-hydrogen) atoms. The van der Waals surface area contributed by atoms with E-state index in [1.54, 1.807) is 26.0 Å². The molecule has 0 radical (unpaired) electrons. The van der Waals surface area contributed by atoms with Crippen LogP contribution in [0, 0.1) is 18.8 Å². The van der Waals surface area contributed by atoms with Gasteiger partial charge in [-0.05, 0) is 38.8 Å². The van der Waals surface area contributed by atoms with Gasteiger partial charge in [0, 0.05) is 12.8 Å². The highest BCUT2D eigenvalue weighted by Gasteiger charge is 2.62. The lowest BCUT2D eigenvalue weighted by Gasteiger charge is -2.30. The van der Waals surface area contributed by atoms with Crippen molar-refractivity contribution in [3.63, 3.8) is 0 Å². The number of aliphatic hydroxyl groups is 1. The van der Waals surface area contributed by atoms with E-state index >= 15 is 0 Å². The Bertz CT molecular complexity index is 1070. The Balaban J connectivity index is 1.58. The van der Waals surface area contributed by atoms with Crippen LogP contribution in [0.3, 0.4) is 0 Å². The summed E-state index contributed by atoms with van der Waals surface area (Å²) in [5, 5.41) is 11.7. The van der Waals surface area contributed by atoms with Crippen LogP contribution in [0.5, 0.6) is 0 Å². The van der Waals surface area contributed by atoms with Gasteiger partial charge in [0.05, 0.1) is 4.90 Å². The first-order chi connectivity index (χ1) is 18.0. The van der Waals surface area contributed by atoms with Gasteiger partial charge in [-0.25, -0.2) is 0 Å². The van der Waals surface area contributed by atoms with Crippen molar-refractivity contribution < 1.29 is 32.3 Å². The Morgan fingerprint density at radius 3 is 2.16 bits per heavy atom. The van der Waals surface area contributed by atoms with Crippen LogP contribution in [0.1, 0.15) is 109 Å². The number of aryl methyl sites for hydroxylation is 1. The Morgan fingerprint density at radius 2 is 1.55 bits per heavy atom. The van der Waals surface area contributed by atoms with Gasteiger partial charge in [-0.3, -0.25) is 4.55 Å². The smallest absolute Gasteiger partial charge is 0.294 e. The van der Waals surface area contributed by atoms with E-state index < -0.39 is 40.0 Å². The largest absolute Gasteiger partial charge is 0.372 e. The Kier molecular flexibility index (Phi) is 11.2. The van der Waals surface area contributed by atoms with Crippen molar-refractivity contribution in [2.24, 2.45) is 0 Å². The lowest BCUT2D eigenvalue weighted by molar-refractivity contribution is -0.221. The number of fused-ring (bicyclic) bond motifs is 1. The first kappa shape index (κ1) is 31.1. The van der Waals surface area contributed by atoms with Crippen LogP contribution in [-0.2, 0) is 30.7 Å². The van der Waals surface area contributed by atoms with Gasteiger partial charge in [-0.15, -0.1) is 5.92 Å². The number of hydrogen-bond acceptors (Lipinski definition) is 6. The Labute approximate surface area is 229 Å². The fraction of sp³-hybridized carbons (Fsp3) is 0.733. The van der Waals surface area contributed by atoms with Crippen molar-refractivity contribution in [2.45, 2.75) is 146 Å². The number of benzene rings is 1. The van der Waals surface area contributed by atoms with Gasteiger partial charge in [-0.2, -0.15) is 8.42 Å². The van der Waals surface area contributed by atoms with Crippen molar-refractivity contribution in [3.05, 3.63) is 29.3 Å². The molecule has 0 amide bonds. The van der Waals surface area contributed by atoms with Gasteiger partial charge >= 0.3 is 0 Å². The fourth-order valence-electron chi connectivity index (χ4n) is 5.33. The normalized spacial score (nSPS) is 26.2. The predicted octanol–water partition coefficient (Wildman–Crippen LogP) is 6.10. The highest BCUT2D eigenvalue weighted by atomic mass is 32.2. The van der Waals surface area contributed by atoms with Gasteiger partial charge in [-0.1, -0.05) is 94.7 Å². The summed E-state index contributed by atoms with van der Waals surface area (Å²) in [6.07, 6.45) is 11.9. The van der Waals surface area contributed by atoms with E-state index in [1.807, 2.05) is 6.92 Å². The summed E-state index contributed by atoms with van der Waals surface area (Å²) >= 11 is 0. The molecule has 0 aromatic heterocycles. The summed E-state index contributed by atoms with van der Waals surface area (Å²) in [5.41, 5.74) is -0.510. The molecule has 2 saturated heterocycles. The third-order valence-corrected chi connectivity index (χ3v) is 8.33. The SMILES string of the molecule is CCCCCCCCCCCCCC#C[C@@]1(O)C(Cc2cc(C)ccc2S(=O)(=O)O)O[C@@H]2OC(C)(C)O[C@@H]21. The molecule has 1 aromatic carbocycles. The molecule has 0 spiro atoms. The molecule has 214 valence electrons. The second-order valence-electron chi connectivity index (χ2n) is 11.3. The number of rotatable bonds is 14. The van der Waals surface area contributed by atoms with Crippen LogP contribution in [0.2, 0.25) is 0 Å². The molecule has 2 aliphatic rings. The van der Waals surface area contributed by atoms with Crippen LogP contribution in [0.15, 0.2) is 23.1 Å². The van der Waals surface area contributed by atoms with Crippen molar-refractivity contribution in [1.29, 1.82) is 0 Å². The molecule has 1 aromatic rings. The first-order valence-electron chi connectivity index (χ1n) is 14.3. The van der Waals surface area contributed by atoms with Crippen LogP contribution in [0.4, 0.5) is 0 Å². The molecule has 0 saturated carbocycles. The van der Waals surface area contributed by atoms with E-state index in [9.17, 15) is 18.1 Å². The van der Waals surface area contributed by atoms with Gasteiger partial charge < -0.3 is 19.3 Å². The highest BCUT2D eigenvalue weighted by Crippen LogP contribution is 2.44. The molecule has 7 nitrogen and oxygen atoms in total. The van der Waals surface area contributed by atoms with Crippen LogP contribution in [-0.4, -0.2) is 48.0 Å². The molecular weight excluding hydrogens is 504 g/mol. The highest BCUT2D eigenvalue weighted by molar-refractivity contribution is 7.85. The minimum atomic E-state index is -4.44. The van der Waals surface area contributed by atoms with E-state index in [1.165, 1.54) is 63.9 Å². The monoisotopic (exact) mass is 550 g/mol. The second kappa shape index (κ2) is 13.7. The van der Waals surface area contributed by atoms with E-state index in [2.05, 4.69) is 18.8 Å². The zero-order valence-corrected chi connectivity index (χ0v) is 24.3. The second-order valence-corrected chi connectivity index (χ2v) is 12.6. The van der Waals surface area contributed by atoms with Gasteiger partial charge in [0.15, 0.2) is 23.8 Å². The van der Waals surface area contributed by atoms with Crippen molar-refractivity contribution in [1.82, 2.24) is 0 Å². The van der Waals surface area contributed by atoms with Gasteiger partial charge in [0.2, 0.25) is 0 Å². The van der Waals surface area contributed by atoms with E-state index in [0.29, 0.717) is 12.0 Å². The van der Waals surface area contributed by atoms with Gasteiger partial charge in [0.25, 0.3) is 10.1 Å². The first-order valence-corrected chi connectivity index (χ1v) is 15.7. The minimum Gasteiger partial charge on any atom is -0.372 e. The summed E-state index contributed by atoms with van der Waals surface area (Å²) < 4.78 is 51.5. The van der Waals surface area contributed by atoms with Crippen LogP contribution < -0.4 is 0 Å². The summed E-state index contributed by atoms with van der Waals surface area (Å²) in [6, 6.07) is 4.65. The average molecular weight is 551 g/mol. The van der Waals surface area contributed by atoms with E-state index in [-0.39, 0.29) is 11.3 Å². The molecule has 2 N–H and O–H groups in total. The lowest BCUT2D eigenvalue weighted by Crippen LogP contribution is -2.48. The number of ether oxygens (including phenoxy) is 3. The predicted molar refractivity (Wildman–Crippen MR) is 147 cm³/mol. The van der Waals surface area contributed by atoms with Crippen molar-refractivity contribution in [3.8, 4) is 11.8 Å². The summed E-state index contributed by atoms with van der Waals surface area (Å²) in [6.45, 7) is 7.57. The number of unbranched alkanes of at least 4 members (excludes halogenated alkanes) is 11. The van der Waals surface area contributed by atoms with Crippen LogP contribution in [0.25, 0.3) is 0 Å². The third-order valence-electron chi connectivity index (χ3n) is 7.37. The lowest BCUT2D eigenvalue weighted by atomic mass is 9.88. The minimum absolute atomic E-state index is 0.0283. The molecule has 3 rings (SSSR count). The molecule has 0 aliphatic carbocycles. The quantitative estimate of drug-likeness (QED) is 0.164. The Morgan fingerprint density at radius 1 is 0.947 bits per heavy atom. The zero-order valence-electron chi connectivity index (χ0n) is 23.5. The molecule has 4 atom stereocenters. The maximum absolute atomic E-state index is 12.0. The van der Waals surface area contributed by atoms with Gasteiger partial charge in [0.1, 0.15) is 6.10 Å². The maximum atomic E-state index is 12.0. The van der Waals surface area contributed by atoms with Crippen molar-refractivity contribution >= 4 is 10.1 Å². The molecule has 0 bridgehead atoms. The molecule has 2 aliphatic heterocycles. The van der Waals surface area contributed by atoms with Crippen LogP contribution >= 0.6 is 0 Å².